The van der Waals surface area contributed by atoms with Crippen molar-refractivity contribution in [3.63, 3.8) is 0 Å². The molecule has 0 saturated carbocycles. The molecule has 1 heterocycles. The maximum Gasteiger partial charge on any atom is 0.271 e. The largest absolute Gasteiger partial charge is 0.354 e. The number of hydrogen-bond donors (Lipinski definition) is 3. The molecule has 1 aromatic heterocycles. The maximum absolute atomic E-state index is 13.9. The first-order valence-electron chi connectivity index (χ1n) is 10.1. The van der Waals surface area contributed by atoms with E-state index in [1.807, 2.05) is 0 Å². The fourth-order valence-electron chi connectivity index (χ4n) is 3.10. The van der Waals surface area contributed by atoms with E-state index in [1.54, 1.807) is 50.4 Å². The lowest BCUT2D eigenvalue weighted by Crippen LogP contribution is -2.47. The van der Waals surface area contributed by atoms with Crippen molar-refractivity contribution in [2.45, 2.75) is 19.9 Å². The van der Waals surface area contributed by atoms with E-state index in [0.717, 1.165) is 18.2 Å². The number of amides is 3. The van der Waals surface area contributed by atoms with Gasteiger partial charge in [-0.15, -0.1) is 0 Å². The molecule has 10 heteroatoms. The van der Waals surface area contributed by atoms with Crippen LogP contribution in [0.25, 0.3) is 5.69 Å². The Balaban J connectivity index is 1.71. The number of rotatable bonds is 7. The number of carbonyl (C=O) groups is 3. The Kier molecular flexibility index (Phi) is 7.17. The van der Waals surface area contributed by atoms with E-state index in [1.165, 1.54) is 11.7 Å². The molecule has 2 aromatic carbocycles. The molecule has 3 aromatic rings. The van der Waals surface area contributed by atoms with E-state index in [2.05, 4.69) is 21.0 Å². The molecule has 0 saturated heterocycles. The zero-order valence-corrected chi connectivity index (χ0v) is 18.2. The van der Waals surface area contributed by atoms with Crippen molar-refractivity contribution < 1.29 is 23.2 Å². The zero-order valence-electron chi connectivity index (χ0n) is 18.2. The molecule has 3 amide bonds. The number of aromatic nitrogens is 2. The van der Waals surface area contributed by atoms with Gasteiger partial charge in [-0.25, -0.2) is 13.5 Å². The van der Waals surface area contributed by atoms with E-state index in [0.29, 0.717) is 11.4 Å². The molecule has 0 spiro atoms. The summed E-state index contributed by atoms with van der Waals surface area (Å²) in [6.45, 7) is 3.40. The van der Waals surface area contributed by atoms with Crippen molar-refractivity contribution in [2.24, 2.45) is 5.92 Å². The Morgan fingerprint density at radius 3 is 2.15 bits per heavy atom. The fourth-order valence-corrected chi connectivity index (χ4v) is 3.10. The highest BCUT2D eigenvalue weighted by atomic mass is 19.1. The molecule has 8 nitrogen and oxygen atoms in total. The summed E-state index contributed by atoms with van der Waals surface area (Å²) in [6, 6.07) is 10.3. The van der Waals surface area contributed by atoms with Crippen LogP contribution in [0.15, 0.2) is 54.7 Å². The Hall–Kier alpha value is -4.08. The predicted octanol–water partition coefficient (Wildman–Crippen LogP) is 2.90. The van der Waals surface area contributed by atoms with E-state index in [4.69, 9.17) is 0 Å². The first-order chi connectivity index (χ1) is 15.7. The normalized spacial score (nSPS) is 11.7. The summed E-state index contributed by atoms with van der Waals surface area (Å²) in [5.41, 5.74) is 0.624. The van der Waals surface area contributed by atoms with E-state index in [-0.39, 0.29) is 17.5 Å². The quantitative estimate of drug-likeness (QED) is 0.510. The summed E-state index contributed by atoms with van der Waals surface area (Å²) in [6.07, 6.45) is 1.63. The zero-order chi connectivity index (χ0) is 24.1. The summed E-state index contributed by atoms with van der Waals surface area (Å²) in [7, 11) is 1.51. The van der Waals surface area contributed by atoms with E-state index >= 15 is 0 Å². The van der Waals surface area contributed by atoms with Crippen LogP contribution in [0.1, 0.15) is 34.7 Å². The van der Waals surface area contributed by atoms with Gasteiger partial charge in [-0.05, 0) is 48.4 Å². The molecular formula is C23H23F2N5O3. The highest BCUT2D eigenvalue weighted by molar-refractivity contribution is 6.01. The van der Waals surface area contributed by atoms with Crippen LogP contribution in [0.5, 0.6) is 0 Å². The van der Waals surface area contributed by atoms with E-state index in [9.17, 15) is 23.2 Å². The van der Waals surface area contributed by atoms with Crippen LogP contribution < -0.4 is 16.0 Å². The predicted molar refractivity (Wildman–Crippen MR) is 118 cm³/mol. The van der Waals surface area contributed by atoms with Crippen molar-refractivity contribution in [3.8, 4) is 5.69 Å². The summed E-state index contributed by atoms with van der Waals surface area (Å²) < 4.78 is 29.3. The third-order valence-electron chi connectivity index (χ3n) is 4.87. The van der Waals surface area contributed by atoms with Gasteiger partial charge >= 0.3 is 0 Å². The van der Waals surface area contributed by atoms with Crippen molar-refractivity contribution in [1.29, 1.82) is 0 Å². The van der Waals surface area contributed by atoms with Crippen LogP contribution in [0.3, 0.4) is 0 Å². The number of nitrogens with zero attached hydrogens (tertiary/aromatic N) is 2. The van der Waals surface area contributed by atoms with Crippen LogP contribution in [-0.2, 0) is 4.79 Å². The second-order valence-corrected chi connectivity index (χ2v) is 7.55. The van der Waals surface area contributed by atoms with Gasteiger partial charge in [0.2, 0.25) is 5.91 Å². The van der Waals surface area contributed by atoms with Crippen LogP contribution in [-0.4, -0.2) is 40.6 Å². The van der Waals surface area contributed by atoms with Crippen molar-refractivity contribution >= 4 is 23.4 Å². The number of nitrogens with one attached hydrogen (secondary N) is 3. The second kappa shape index (κ2) is 10.0. The molecule has 0 aliphatic heterocycles. The van der Waals surface area contributed by atoms with Gasteiger partial charge in [-0.3, -0.25) is 14.4 Å². The maximum atomic E-state index is 13.9. The Bertz CT molecular complexity index is 1150. The Morgan fingerprint density at radius 2 is 1.58 bits per heavy atom. The fraction of sp³-hybridized carbons (Fsp3) is 0.217. The average molecular weight is 455 g/mol. The standard InChI is InChI=1S/C23H23F2N5O3/c1-13(2)20(28-22(32)19-16(24)5-4-6-17(19)25)23(33)27-14-7-9-15(10-8-14)30-12-11-18(29-30)21(31)26-3/h4-13,20H,1-3H3,(H,26,31)(H,27,33)(H,28,32)/t20-/m0/s1. The molecule has 0 radical (unpaired) electrons. The Morgan fingerprint density at radius 1 is 0.939 bits per heavy atom. The SMILES string of the molecule is CNC(=O)c1ccn(-c2ccc(NC(=O)[C@@H](NC(=O)c3c(F)cccc3F)C(C)C)cc2)n1. The van der Waals surface area contributed by atoms with Crippen LogP contribution >= 0.6 is 0 Å². The second-order valence-electron chi connectivity index (χ2n) is 7.55. The third kappa shape index (κ3) is 5.40. The van der Waals surface area contributed by atoms with Gasteiger partial charge < -0.3 is 16.0 Å². The smallest absolute Gasteiger partial charge is 0.271 e. The molecule has 0 fully saturated rings. The molecule has 33 heavy (non-hydrogen) atoms. The molecule has 0 aliphatic carbocycles. The number of anilines is 1. The van der Waals surface area contributed by atoms with Crippen LogP contribution in [0.4, 0.5) is 14.5 Å². The highest BCUT2D eigenvalue weighted by Crippen LogP contribution is 2.16. The highest BCUT2D eigenvalue weighted by Gasteiger charge is 2.27. The number of halogens is 2. The molecule has 0 unspecified atom stereocenters. The topological polar surface area (TPSA) is 105 Å². The molecule has 3 N–H and O–H groups in total. The minimum atomic E-state index is -1.03. The summed E-state index contributed by atoms with van der Waals surface area (Å²) in [4.78, 5) is 36.9. The first kappa shape index (κ1) is 23.6. The van der Waals surface area contributed by atoms with Crippen molar-refractivity contribution in [2.75, 3.05) is 12.4 Å². The molecular weight excluding hydrogens is 432 g/mol. The van der Waals surface area contributed by atoms with Crippen LogP contribution in [0, 0.1) is 17.6 Å². The third-order valence-corrected chi connectivity index (χ3v) is 4.87. The van der Waals surface area contributed by atoms with Crippen molar-refractivity contribution in [3.05, 3.63) is 77.6 Å². The minimum Gasteiger partial charge on any atom is -0.354 e. The number of benzene rings is 2. The lowest BCUT2D eigenvalue weighted by molar-refractivity contribution is -0.118. The van der Waals surface area contributed by atoms with Crippen molar-refractivity contribution in [1.82, 2.24) is 20.4 Å². The summed E-state index contributed by atoms with van der Waals surface area (Å²) >= 11 is 0. The monoisotopic (exact) mass is 455 g/mol. The average Bonchev–Trinajstić information content (AvgIpc) is 3.27. The van der Waals surface area contributed by atoms with Gasteiger partial charge in [0, 0.05) is 18.9 Å². The molecule has 172 valence electrons. The summed E-state index contributed by atoms with van der Waals surface area (Å²) in [5, 5.41) is 11.8. The minimum absolute atomic E-state index is 0.261. The molecule has 1 atom stereocenters. The van der Waals surface area contributed by atoms with Gasteiger partial charge in [-0.2, -0.15) is 5.10 Å². The van der Waals surface area contributed by atoms with Gasteiger partial charge in [0.25, 0.3) is 11.8 Å². The van der Waals surface area contributed by atoms with Gasteiger partial charge in [-0.1, -0.05) is 19.9 Å². The Labute approximate surface area is 189 Å². The molecule has 0 bridgehead atoms. The molecule has 3 rings (SSSR count). The molecule has 0 aliphatic rings. The van der Waals surface area contributed by atoms with E-state index < -0.39 is 35.1 Å². The number of carbonyl (C=O) groups excluding carboxylic acids is 3. The number of hydrogen-bond acceptors (Lipinski definition) is 4. The van der Waals surface area contributed by atoms with Gasteiger partial charge in [0.15, 0.2) is 5.69 Å². The van der Waals surface area contributed by atoms with Crippen LogP contribution in [0.2, 0.25) is 0 Å². The summed E-state index contributed by atoms with van der Waals surface area (Å²) in [5.74, 6) is -4.23. The lowest BCUT2D eigenvalue weighted by atomic mass is 10.0. The van der Waals surface area contributed by atoms with Gasteiger partial charge in [0.05, 0.1) is 5.69 Å². The lowest BCUT2D eigenvalue weighted by Gasteiger charge is -2.22. The first-order valence-corrected chi connectivity index (χ1v) is 10.1. The van der Waals surface area contributed by atoms with Gasteiger partial charge in [0.1, 0.15) is 23.2 Å².